The minimum Gasteiger partial charge on any atom is -0.492 e. The van der Waals surface area contributed by atoms with E-state index >= 15 is 0 Å². The van der Waals surface area contributed by atoms with E-state index in [2.05, 4.69) is 35.1 Å². The Bertz CT molecular complexity index is 611. The first-order chi connectivity index (χ1) is 10.1. The van der Waals surface area contributed by atoms with Gasteiger partial charge in [-0.25, -0.2) is 0 Å². The molecule has 4 heteroatoms. The molecule has 110 valence electrons. The molecule has 2 rings (SSSR count). The van der Waals surface area contributed by atoms with Gasteiger partial charge in [-0.3, -0.25) is 4.79 Å². The van der Waals surface area contributed by atoms with Crippen LogP contribution in [0.1, 0.15) is 24.2 Å². The zero-order valence-corrected chi connectivity index (χ0v) is 13.7. The van der Waals surface area contributed by atoms with Crippen molar-refractivity contribution in [2.24, 2.45) is 5.92 Å². The Morgan fingerprint density at radius 3 is 2.57 bits per heavy atom. The van der Waals surface area contributed by atoms with Crippen molar-refractivity contribution in [3.8, 4) is 5.75 Å². The zero-order valence-electron chi connectivity index (χ0n) is 12.1. The summed E-state index contributed by atoms with van der Waals surface area (Å²) < 4.78 is 6.58. The van der Waals surface area contributed by atoms with Crippen molar-refractivity contribution >= 4 is 27.5 Å². The molecule has 2 aromatic carbocycles. The monoisotopic (exact) mass is 347 g/mol. The average molecular weight is 348 g/mol. The standard InChI is InChI=1S/C17H18BrNO2/c1-12(2)11-21-16-9-8-13(18)10-15(16)17(20)19-14-6-4-3-5-7-14/h3-10,12H,11H2,1-2H3,(H,19,20). The second-order valence-corrected chi connectivity index (χ2v) is 6.08. The highest BCUT2D eigenvalue weighted by molar-refractivity contribution is 9.10. The van der Waals surface area contributed by atoms with Crippen molar-refractivity contribution in [3.63, 3.8) is 0 Å². The van der Waals surface area contributed by atoms with E-state index in [1.807, 2.05) is 42.5 Å². The molecule has 21 heavy (non-hydrogen) atoms. The minimum absolute atomic E-state index is 0.179. The molecule has 0 aliphatic rings. The SMILES string of the molecule is CC(C)COc1ccc(Br)cc1C(=O)Nc1ccccc1. The van der Waals surface area contributed by atoms with Crippen molar-refractivity contribution in [1.82, 2.24) is 0 Å². The van der Waals surface area contributed by atoms with Crippen LogP contribution in [0, 0.1) is 5.92 Å². The molecule has 3 nitrogen and oxygen atoms in total. The Morgan fingerprint density at radius 1 is 1.19 bits per heavy atom. The summed E-state index contributed by atoms with van der Waals surface area (Å²) in [6.07, 6.45) is 0. The van der Waals surface area contributed by atoms with Crippen LogP contribution in [0.15, 0.2) is 53.0 Å². The number of hydrogen-bond donors (Lipinski definition) is 1. The topological polar surface area (TPSA) is 38.3 Å². The summed E-state index contributed by atoms with van der Waals surface area (Å²) in [5.41, 5.74) is 1.28. The maximum Gasteiger partial charge on any atom is 0.259 e. The number of carbonyl (C=O) groups excluding carboxylic acids is 1. The Hall–Kier alpha value is -1.81. The van der Waals surface area contributed by atoms with E-state index < -0.39 is 0 Å². The summed E-state index contributed by atoms with van der Waals surface area (Å²) in [6, 6.07) is 14.8. The third kappa shape index (κ3) is 4.60. The van der Waals surface area contributed by atoms with Crippen LogP contribution in [0.25, 0.3) is 0 Å². The van der Waals surface area contributed by atoms with Crippen molar-refractivity contribution < 1.29 is 9.53 Å². The van der Waals surface area contributed by atoms with Crippen LogP contribution < -0.4 is 10.1 Å². The number of anilines is 1. The number of benzene rings is 2. The van der Waals surface area contributed by atoms with Crippen LogP contribution in [0.5, 0.6) is 5.75 Å². The molecule has 0 fully saturated rings. The quantitative estimate of drug-likeness (QED) is 0.848. The normalized spacial score (nSPS) is 10.5. The lowest BCUT2D eigenvalue weighted by molar-refractivity contribution is 0.102. The number of para-hydroxylation sites is 1. The third-order valence-corrected chi connectivity index (χ3v) is 3.28. The van der Waals surface area contributed by atoms with Crippen LogP contribution >= 0.6 is 15.9 Å². The van der Waals surface area contributed by atoms with E-state index in [0.29, 0.717) is 23.8 Å². The van der Waals surface area contributed by atoms with Gasteiger partial charge in [-0.05, 0) is 36.2 Å². The highest BCUT2D eigenvalue weighted by Gasteiger charge is 2.14. The molecule has 0 saturated carbocycles. The van der Waals surface area contributed by atoms with E-state index in [0.717, 1.165) is 10.2 Å². The highest BCUT2D eigenvalue weighted by Crippen LogP contribution is 2.25. The number of carbonyl (C=O) groups is 1. The van der Waals surface area contributed by atoms with Crippen molar-refractivity contribution in [2.45, 2.75) is 13.8 Å². The van der Waals surface area contributed by atoms with Gasteiger partial charge in [0.25, 0.3) is 5.91 Å². The summed E-state index contributed by atoms with van der Waals surface area (Å²) in [5.74, 6) is 0.820. The smallest absolute Gasteiger partial charge is 0.259 e. The fourth-order valence-corrected chi connectivity index (χ4v) is 2.14. The molecule has 2 aromatic rings. The molecule has 0 bridgehead atoms. The van der Waals surface area contributed by atoms with Gasteiger partial charge < -0.3 is 10.1 Å². The van der Waals surface area contributed by atoms with Gasteiger partial charge in [0.2, 0.25) is 0 Å². The summed E-state index contributed by atoms with van der Waals surface area (Å²) in [7, 11) is 0. The van der Waals surface area contributed by atoms with E-state index in [9.17, 15) is 4.79 Å². The van der Waals surface area contributed by atoms with Crippen molar-refractivity contribution in [1.29, 1.82) is 0 Å². The molecule has 0 aliphatic carbocycles. The summed E-state index contributed by atoms with van der Waals surface area (Å²) in [6.45, 7) is 4.72. The van der Waals surface area contributed by atoms with Crippen LogP contribution in [-0.2, 0) is 0 Å². The van der Waals surface area contributed by atoms with E-state index in [-0.39, 0.29) is 5.91 Å². The average Bonchev–Trinajstić information content (AvgIpc) is 2.46. The van der Waals surface area contributed by atoms with Crippen molar-refractivity contribution in [2.75, 3.05) is 11.9 Å². The summed E-state index contributed by atoms with van der Waals surface area (Å²) in [4.78, 5) is 12.4. The maximum absolute atomic E-state index is 12.4. The second-order valence-electron chi connectivity index (χ2n) is 5.17. The van der Waals surface area contributed by atoms with Gasteiger partial charge in [0, 0.05) is 10.2 Å². The first kappa shape index (κ1) is 15.6. The Kier molecular flexibility index (Phi) is 5.39. The number of nitrogens with one attached hydrogen (secondary N) is 1. The largest absolute Gasteiger partial charge is 0.492 e. The Labute approximate surface area is 133 Å². The summed E-state index contributed by atoms with van der Waals surface area (Å²) >= 11 is 3.39. The van der Waals surface area contributed by atoms with Crippen LogP contribution in [-0.4, -0.2) is 12.5 Å². The van der Waals surface area contributed by atoms with Gasteiger partial charge >= 0.3 is 0 Å². The van der Waals surface area contributed by atoms with Gasteiger partial charge in [0.1, 0.15) is 5.75 Å². The Morgan fingerprint density at radius 2 is 1.90 bits per heavy atom. The predicted molar refractivity (Wildman–Crippen MR) is 88.9 cm³/mol. The molecule has 0 atom stereocenters. The maximum atomic E-state index is 12.4. The molecule has 0 saturated heterocycles. The molecule has 1 N–H and O–H groups in total. The molecule has 0 aliphatic heterocycles. The van der Waals surface area contributed by atoms with Gasteiger partial charge in [-0.15, -0.1) is 0 Å². The first-order valence-corrected chi connectivity index (χ1v) is 7.64. The summed E-state index contributed by atoms with van der Waals surface area (Å²) in [5, 5.41) is 2.87. The number of rotatable bonds is 5. The lowest BCUT2D eigenvalue weighted by atomic mass is 10.1. The number of hydrogen-bond acceptors (Lipinski definition) is 2. The Balaban J connectivity index is 2.20. The predicted octanol–water partition coefficient (Wildman–Crippen LogP) is 4.74. The molecule has 0 unspecified atom stereocenters. The number of ether oxygens (including phenoxy) is 1. The van der Waals surface area contributed by atoms with Gasteiger partial charge in [-0.1, -0.05) is 48.0 Å². The van der Waals surface area contributed by atoms with E-state index in [1.54, 1.807) is 6.07 Å². The fraction of sp³-hybridized carbons (Fsp3) is 0.235. The zero-order chi connectivity index (χ0) is 15.2. The second kappa shape index (κ2) is 7.27. The molecular weight excluding hydrogens is 330 g/mol. The fourth-order valence-electron chi connectivity index (χ4n) is 1.78. The van der Waals surface area contributed by atoms with Crippen LogP contribution in [0.2, 0.25) is 0 Å². The molecule has 0 spiro atoms. The molecule has 1 amide bonds. The van der Waals surface area contributed by atoms with Crippen LogP contribution in [0.3, 0.4) is 0 Å². The number of amides is 1. The molecule has 0 heterocycles. The minimum atomic E-state index is -0.179. The molecule has 0 aromatic heterocycles. The lowest BCUT2D eigenvalue weighted by Gasteiger charge is -2.13. The van der Waals surface area contributed by atoms with Gasteiger partial charge in [0.15, 0.2) is 0 Å². The third-order valence-electron chi connectivity index (χ3n) is 2.79. The van der Waals surface area contributed by atoms with E-state index in [1.165, 1.54) is 0 Å². The van der Waals surface area contributed by atoms with Gasteiger partial charge in [-0.2, -0.15) is 0 Å². The molecular formula is C17H18BrNO2. The number of halogens is 1. The molecule has 0 radical (unpaired) electrons. The van der Waals surface area contributed by atoms with E-state index in [4.69, 9.17) is 4.74 Å². The highest BCUT2D eigenvalue weighted by atomic mass is 79.9. The van der Waals surface area contributed by atoms with Gasteiger partial charge in [0.05, 0.1) is 12.2 Å². The van der Waals surface area contributed by atoms with Crippen molar-refractivity contribution in [3.05, 3.63) is 58.6 Å². The lowest BCUT2D eigenvalue weighted by Crippen LogP contribution is -2.15. The first-order valence-electron chi connectivity index (χ1n) is 6.85. The van der Waals surface area contributed by atoms with Crippen LogP contribution in [0.4, 0.5) is 5.69 Å².